The summed E-state index contributed by atoms with van der Waals surface area (Å²) in [6.07, 6.45) is 5.00. The van der Waals surface area contributed by atoms with Crippen molar-refractivity contribution in [2.24, 2.45) is 11.8 Å². The second-order valence-electron chi connectivity index (χ2n) is 8.29. The number of aromatic nitrogens is 1. The van der Waals surface area contributed by atoms with Crippen LogP contribution in [-0.4, -0.2) is 71.3 Å². The Hall–Kier alpha value is -2.64. The highest BCUT2D eigenvalue weighted by Gasteiger charge is 2.50. The van der Waals surface area contributed by atoms with Crippen LogP contribution in [0.3, 0.4) is 0 Å². The summed E-state index contributed by atoms with van der Waals surface area (Å²) in [5, 5.41) is 2.90. The smallest absolute Gasteiger partial charge is 0.259 e. The molecule has 4 atom stereocenters. The molecule has 4 heterocycles. The number of carbonyl (C=O) groups is 3. The summed E-state index contributed by atoms with van der Waals surface area (Å²) in [5.41, 5.74) is 0.463. The van der Waals surface area contributed by atoms with Gasteiger partial charge in [-0.25, -0.2) is 4.98 Å². The number of piperidine rings is 3. The van der Waals surface area contributed by atoms with Gasteiger partial charge in [-0.2, -0.15) is 0 Å². The Bertz CT molecular complexity index is 814. The van der Waals surface area contributed by atoms with Crippen molar-refractivity contribution < 1.29 is 19.1 Å². The molecule has 0 spiro atoms. The highest BCUT2D eigenvalue weighted by atomic mass is 16.5. The molecule has 156 valence electrons. The van der Waals surface area contributed by atoms with Crippen LogP contribution in [-0.2, 0) is 9.59 Å². The maximum Gasteiger partial charge on any atom is 0.259 e. The maximum absolute atomic E-state index is 13.3. The number of fused-ring (bicyclic) bond motifs is 4. The van der Waals surface area contributed by atoms with Gasteiger partial charge in [-0.3, -0.25) is 14.4 Å². The third kappa shape index (κ3) is 3.68. The quantitative estimate of drug-likeness (QED) is 0.816. The molecule has 3 fully saturated rings. The van der Waals surface area contributed by atoms with E-state index < -0.39 is 0 Å². The van der Waals surface area contributed by atoms with Crippen molar-refractivity contribution in [2.45, 2.75) is 44.7 Å². The van der Waals surface area contributed by atoms with E-state index in [-0.39, 0.29) is 41.6 Å². The summed E-state index contributed by atoms with van der Waals surface area (Å²) in [6.45, 7) is 3.13. The molecule has 3 aliphatic heterocycles. The SMILES string of the molecule is COc1ncccc1C(=O)N1C[C@H]2C[C@@H](C1)[C@H](CNC(C)=O)N1C(=O)CCC[C@@H]21. The molecular weight excluding hydrogens is 372 g/mol. The van der Waals surface area contributed by atoms with Gasteiger partial charge < -0.3 is 19.9 Å². The van der Waals surface area contributed by atoms with E-state index >= 15 is 0 Å². The molecule has 0 unspecified atom stereocenters. The molecule has 8 nitrogen and oxygen atoms in total. The minimum Gasteiger partial charge on any atom is -0.480 e. The van der Waals surface area contributed by atoms with Gasteiger partial charge in [0, 0.05) is 45.2 Å². The topological polar surface area (TPSA) is 91.8 Å². The molecule has 29 heavy (non-hydrogen) atoms. The number of nitrogens with zero attached hydrogens (tertiary/aromatic N) is 3. The van der Waals surface area contributed by atoms with E-state index in [0.717, 1.165) is 19.3 Å². The zero-order valence-electron chi connectivity index (χ0n) is 17.0. The van der Waals surface area contributed by atoms with Crippen LogP contribution in [0.2, 0.25) is 0 Å². The van der Waals surface area contributed by atoms with Crippen molar-refractivity contribution in [1.29, 1.82) is 0 Å². The number of hydrogen-bond donors (Lipinski definition) is 1. The molecule has 3 amide bonds. The third-order valence-electron chi connectivity index (χ3n) is 6.54. The Balaban J connectivity index is 1.60. The summed E-state index contributed by atoms with van der Waals surface area (Å²) in [5.74, 6) is 0.733. The van der Waals surface area contributed by atoms with Crippen molar-refractivity contribution in [2.75, 3.05) is 26.7 Å². The second kappa shape index (κ2) is 8.00. The number of rotatable bonds is 4. The number of pyridine rings is 1. The number of amides is 3. The van der Waals surface area contributed by atoms with Crippen LogP contribution in [0.25, 0.3) is 0 Å². The number of hydrogen-bond acceptors (Lipinski definition) is 5. The highest BCUT2D eigenvalue weighted by molar-refractivity contribution is 5.96. The Kier molecular flexibility index (Phi) is 5.43. The number of nitrogens with one attached hydrogen (secondary N) is 1. The molecule has 3 aliphatic rings. The molecule has 3 saturated heterocycles. The van der Waals surface area contributed by atoms with Crippen LogP contribution < -0.4 is 10.1 Å². The molecule has 1 aromatic rings. The van der Waals surface area contributed by atoms with Crippen molar-refractivity contribution in [3.63, 3.8) is 0 Å². The summed E-state index contributed by atoms with van der Waals surface area (Å²) in [6, 6.07) is 3.54. The fourth-order valence-corrected chi connectivity index (χ4v) is 5.34. The Morgan fingerprint density at radius 2 is 2.10 bits per heavy atom. The van der Waals surface area contributed by atoms with Crippen molar-refractivity contribution >= 4 is 17.7 Å². The lowest BCUT2D eigenvalue weighted by Crippen LogP contribution is -2.67. The van der Waals surface area contributed by atoms with E-state index in [1.165, 1.54) is 14.0 Å². The predicted octanol–water partition coefficient (Wildman–Crippen LogP) is 1.07. The van der Waals surface area contributed by atoms with E-state index in [2.05, 4.69) is 10.3 Å². The van der Waals surface area contributed by atoms with Crippen LogP contribution in [0.4, 0.5) is 0 Å². The molecule has 0 radical (unpaired) electrons. The monoisotopic (exact) mass is 400 g/mol. The molecule has 1 N–H and O–H groups in total. The van der Waals surface area contributed by atoms with E-state index in [0.29, 0.717) is 37.5 Å². The van der Waals surface area contributed by atoms with Crippen LogP contribution in [0.5, 0.6) is 5.88 Å². The number of ether oxygens (including phenoxy) is 1. The molecule has 1 aromatic heterocycles. The van der Waals surface area contributed by atoms with E-state index in [1.54, 1.807) is 18.3 Å². The van der Waals surface area contributed by atoms with Gasteiger partial charge in [0.1, 0.15) is 5.56 Å². The average Bonchev–Trinajstić information content (AvgIpc) is 2.73. The van der Waals surface area contributed by atoms with Crippen LogP contribution >= 0.6 is 0 Å². The van der Waals surface area contributed by atoms with Gasteiger partial charge in [0.15, 0.2) is 0 Å². The lowest BCUT2D eigenvalue weighted by atomic mass is 9.72. The highest BCUT2D eigenvalue weighted by Crippen LogP contribution is 2.41. The first-order chi connectivity index (χ1) is 14.0. The van der Waals surface area contributed by atoms with Gasteiger partial charge in [-0.15, -0.1) is 0 Å². The summed E-state index contributed by atoms with van der Waals surface area (Å²) in [4.78, 5) is 45.6. The van der Waals surface area contributed by atoms with Gasteiger partial charge in [-0.05, 0) is 43.2 Å². The van der Waals surface area contributed by atoms with Gasteiger partial charge in [0.2, 0.25) is 17.7 Å². The van der Waals surface area contributed by atoms with E-state index in [4.69, 9.17) is 4.74 Å². The van der Waals surface area contributed by atoms with E-state index in [1.807, 2.05) is 9.80 Å². The van der Waals surface area contributed by atoms with Crippen LogP contribution in [0.1, 0.15) is 43.0 Å². The third-order valence-corrected chi connectivity index (χ3v) is 6.54. The zero-order valence-corrected chi connectivity index (χ0v) is 17.0. The van der Waals surface area contributed by atoms with Gasteiger partial charge >= 0.3 is 0 Å². The Morgan fingerprint density at radius 3 is 2.86 bits per heavy atom. The van der Waals surface area contributed by atoms with E-state index in [9.17, 15) is 14.4 Å². The Morgan fingerprint density at radius 1 is 1.31 bits per heavy atom. The van der Waals surface area contributed by atoms with Gasteiger partial charge in [0.25, 0.3) is 5.91 Å². The molecule has 0 saturated carbocycles. The fraction of sp³-hybridized carbons (Fsp3) is 0.619. The molecule has 0 aromatic carbocycles. The molecule has 2 bridgehead atoms. The first-order valence-corrected chi connectivity index (χ1v) is 10.3. The van der Waals surface area contributed by atoms with Crippen LogP contribution in [0, 0.1) is 11.8 Å². The van der Waals surface area contributed by atoms with Crippen LogP contribution in [0.15, 0.2) is 18.3 Å². The molecule has 4 rings (SSSR count). The van der Waals surface area contributed by atoms with Crippen molar-refractivity contribution in [3.8, 4) is 5.88 Å². The number of carbonyl (C=O) groups excluding carboxylic acids is 3. The van der Waals surface area contributed by atoms with Gasteiger partial charge in [-0.1, -0.05) is 0 Å². The summed E-state index contributed by atoms with van der Waals surface area (Å²) < 4.78 is 5.28. The Labute approximate surface area is 170 Å². The second-order valence-corrected chi connectivity index (χ2v) is 8.29. The maximum atomic E-state index is 13.3. The van der Waals surface area contributed by atoms with Crippen molar-refractivity contribution in [3.05, 3.63) is 23.9 Å². The molecular formula is C21H28N4O4. The normalized spacial score (nSPS) is 28.6. The lowest BCUT2D eigenvalue weighted by Gasteiger charge is -2.56. The lowest BCUT2D eigenvalue weighted by molar-refractivity contribution is -0.151. The van der Waals surface area contributed by atoms with Gasteiger partial charge in [0.05, 0.1) is 13.2 Å². The standard InChI is InChI=1S/C21H28N4O4/c1-13(26)23-10-18-15-9-14(17-6-3-7-19(27)25(17)18)11-24(12-15)21(28)16-5-4-8-22-20(16)29-2/h4-5,8,14-15,17-18H,3,6-7,9-12H2,1-2H3,(H,23,26)/t14-,15+,17+,18+/m1/s1. The minimum atomic E-state index is -0.100. The summed E-state index contributed by atoms with van der Waals surface area (Å²) in [7, 11) is 1.51. The number of methoxy groups -OCH3 is 1. The molecule has 0 aliphatic carbocycles. The first kappa shape index (κ1) is 19.7. The summed E-state index contributed by atoms with van der Waals surface area (Å²) >= 11 is 0. The minimum absolute atomic E-state index is 0.0701. The first-order valence-electron chi connectivity index (χ1n) is 10.3. The number of likely N-dealkylation sites (tertiary alicyclic amines) is 1. The average molecular weight is 400 g/mol. The largest absolute Gasteiger partial charge is 0.480 e. The van der Waals surface area contributed by atoms with Crippen molar-refractivity contribution in [1.82, 2.24) is 20.1 Å². The zero-order chi connectivity index (χ0) is 20.5. The molecule has 8 heteroatoms. The fourth-order valence-electron chi connectivity index (χ4n) is 5.34. The predicted molar refractivity (Wildman–Crippen MR) is 105 cm³/mol.